The minimum absolute atomic E-state index is 0.786. The van der Waals surface area contributed by atoms with Crippen LogP contribution < -0.4 is 5.32 Å². The first kappa shape index (κ1) is 11.3. The lowest BCUT2D eigenvalue weighted by Crippen LogP contribution is -2.26. The van der Waals surface area contributed by atoms with Crippen LogP contribution in [-0.4, -0.2) is 26.1 Å². The molecular weight excluding hydrogens is 226 g/mol. The highest BCUT2D eigenvalue weighted by molar-refractivity contribution is 5.50. The zero-order chi connectivity index (χ0) is 12.5. The van der Waals surface area contributed by atoms with Crippen LogP contribution in [0.1, 0.15) is 23.9 Å². The monoisotopic (exact) mass is 243 g/mol. The van der Waals surface area contributed by atoms with Crippen LogP contribution in [0.5, 0.6) is 0 Å². The van der Waals surface area contributed by atoms with Crippen LogP contribution in [0, 0.1) is 0 Å². The first-order chi connectivity index (χ1) is 8.79. The van der Waals surface area contributed by atoms with Gasteiger partial charge in [-0.15, -0.1) is 0 Å². The van der Waals surface area contributed by atoms with E-state index in [1.807, 2.05) is 17.8 Å². The van der Waals surface area contributed by atoms with Crippen molar-refractivity contribution in [1.29, 1.82) is 0 Å². The molecule has 18 heavy (non-hydrogen) atoms. The van der Waals surface area contributed by atoms with Gasteiger partial charge in [-0.2, -0.15) is 0 Å². The Labute approximate surface area is 106 Å². The van der Waals surface area contributed by atoms with Crippen molar-refractivity contribution in [1.82, 2.24) is 24.8 Å². The van der Waals surface area contributed by atoms with Crippen LogP contribution in [0.2, 0.25) is 0 Å². The van der Waals surface area contributed by atoms with E-state index in [0.717, 1.165) is 43.1 Å². The number of nitrogens with zero attached hydrogens (tertiary/aromatic N) is 4. The van der Waals surface area contributed by atoms with E-state index in [9.17, 15) is 0 Å². The molecule has 0 unspecified atom stereocenters. The highest BCUT2D eigenvalue weighted by Gasteiger charge is 2.18. The van der Waals surface area contributed by atoms with Gasteiger partial charge in [-0.25, -0.2) is 15.0 Å². The first-order valence-corrected chi connectivity index (χ1v) is 6.35. The SMILES string of the molecule is CCc1nc(-c2cncn2C)nc2c1CCNC2. The fourth-order valence-corrected chi connectivity index (χ4v) is 2.42. The Morgan fingerprint density at radius 2 is 2.28 bits per heavy atom. The van der Waals surface area contributed by atoms with Crippen molar-refractivity contribution in [2.75, 3.05) is 6.54 Å². The molecule has 0 atom stereocenters. The Bertz CT molecular complexity index is 556. The molecule has 94 valence electrons. The van der Waals surface area contributed by atoms with E-state index in [-0.39, 0.29) is 0 Å². The summed E-state index contributed by atoms with van der Waals surface area (Å²) in [6.45, 7) is 4.02. The molecule has 0 amide bonds. The molecule has 1 aliphatic rings. The second-order valence-corrected chi connectivity index (χ2v) is 4.59. The molecule has 0 bridgehead atoms. The topological polar surface area (TPSA) is 55.6 Å². The van der Waals surface area contributed by atoms with E-state index in [1.165, 1.54) is 11.3 Å². The molecule has 2 aromatic rings. The van der Waals surface area contributed by atoms with E-state index < -0.39 is 0 Å². The molecule has 0 aliphatic carbocycles. The third kappa shape index (κ3) is 1.80. The quantitative estimate of drug-likeness (QED) is 0.857. The maximum absolute atomic E-state index is 4.71. The molecular formula is C13H17N5. The lowest BCUT2D eigenvalue weighted by molar-refractivity contribution is 0.616. The molecule has 1 N–H and O–H groups in total. The Hall–Kier alpha value is -1.75. The molecule has 3 rings (SSSR count). The molecule has 3 heterocycles. The number of rotatable bonds is 2. The highest BCUT2D eigenvalue weighted by Crippen LogP contribution is 2.21. The summed E-state index contributed by atoms with van der Waals surface area (Å²) in [5, 5.41) is 3.37. The van der Waals surface area contributed by atoms with Gasteiger partial charge in [0.2, 0.25) is 0 Å². The fourth-order valence-electron chi connectivity index (χ4n) is 2.42. The van der Waals surface area contributed by atoms with E-state index in [4.69, 9.17) is 9.97 Å². The van der Waals surface area contributed by atoms with Crippen molar-refractivity contribution < 1.29 is 0 Å². The van der Waals surface area contributed by atoms with Crippen molar-refractivity contribution >= 4 is 0 Å². The molecule has 5 heteroatoms. The van der Waals surface area contributed by atoms with Gasteiger partial charge in [0.1, 0.15) is 5.69 Å². The van der Waals surface area contributed by atoms with Crippen molar-refractivity contribution in [2.45, 2.75) is 26.3 Å². The maximum Gasteiger partial charge on any atom is 0.178 e. The molecule has 0 saturated heterocycles. The van der Waals surface area contributed by atoms with Crippen LogP contribution in [0.15, 0.2) is 12.5 Å². The molecule has 0 fully saturated rings. The molecule has 0 spiro atoms. The van der Waals surface area contributed by atoms with Crippen molar-refractivity contribution in [3.63, 3.8) is 0 Å². The second-order valence-electron chi connectivity index (χ2n) is 4.59. The average Bonchev–Trinajstić information content (AvgIpc) is 2.83. The number of nitrogens with one attached hydrogen (secondary N) is 1. The second kappa shape index (κ2) is 4.49. The highest BCUT2D eigenvalue weighted by atomic mass is 15.1. The van der Waals surface area contributed by atoms with Crippen molar-refractivity contribution in [3.05, 3.63) is 29.5 Å². The van der Waals surface area contributed by atoms with Gasteiger partial charge in [0.25, 0.3) is 0 Å². The van der Waals surface area contributed by atoms with Crippen LogP contribution in [0.3, 0.4) is 0 Å². The normalized spacial score (nSPS) is 14.6. The molecule has 0 radical (unpaired) electrons. The molecule has 0 aromatic carbocycles. The smallest absolute Gasteiger partial charge is 0.178 e. The zero-order valence-corrected chi connectivity index (χ0v) is 10.8. The fraction of sp³-hybridized carbons (Fsp3) is 0.462. The van der Waals surface area contributed by atoms with E-state index >= 15 is 0 Å². The summed E-state index contributed by atoms with van der Waals surface area (Å²) >= 11 is 0. The summed E-state index contributed by atoms with van der Waals surface area (Å²) in [5.74, 6) is 0.786. The number of aromatic nitrogens is 4. The largest absolute Gasteiger partial charge is 0.331 e. The van der Waals surface area contributed by atoms with Crippen LogP contribution >= 0.6 is 0 Å². The van der Waals surface area contributed by atoms with E-state index in [2.05, 4.69) is 17.2 Å². The molecule has 1 aliphatic heterocycles. The lowest BCUT2D eigenvalue weighted by atomic mass is 10.0. The third-order valence-corrected chi connectivity index (χ3v) is 3.40. The molecule has 0 saturated carbocycles. The van der Waals surface area contributed by atoms with Crippen molar-refractivity contribution in [3.8, 4) is 11.5 Å². The predicted molar refractivity (Wildman–Crippen MR) is 69.0 cm³/mol. The standard InChI is InChI=1S/C13H17N5/c1-3-10-9-4-5-14-6-11(9)17-13(16-10)12-7-15-8-18(12)2/h7-8,14H,3-6H2,1-2H3. The minimum atomic E-state index is 0.786. The number of hydrogen-bond acceptors (Lipinski definition) is 4. The van der Waals surface area contributed by atoms with Gasteiger partial charge in [0, 0.05) is 19.3 Å². The summed E-state index contributed by atoms with van der Waals surface area (Å²) in [5.41, 5.74) is 4.63. The van der Waals surface area contributed by atoms with Gasteiger partial charge in [-0.3, -0.25) is 0 Å². The molecule has 2 aromatic heterocycles. The zero-order valence-electron chi connectivity index (χ0n) is 10.8. The van der Waals surface area contributed by atoms with Crippen LogP contribution in [-0.2, 0) is 26.4 Å². The van der Waals surface area contributed by atoms with Crippen LogP contribution in [0.4, 0.5) is 0 Å². The average molecular weight is 243 g/mol. The maximum atomic E-state index is 4.71. The van der Waals surface area contributed by atoms with Gasteiger partial charge in [0.15, 0.2) is 5.82 Å². The summed E-state index contributed by atoms with van der Waals surface area (Å²) in [7, 11) is 1.97. The van der Waals surface area contributed by atoms with Crippen molar-refractivity contribution in [2.24, 2.45) is 7.05 Å². The number of imidazole rings is 1. The van der Waals surface area contributed by atoms with E-state index in [0.29, 0.717) is 0 Å². The van der Waals surface area contributed by atoms with Gasteiger partial charge in [-0.05, 0) is 24.9 Å². The summed E-state index contributed by atoms with van der Waals surface area (Å²) in [6.07, 6.45) is 5.58. The lowest BCUT2D eigenvalue weighted by Gasteiger charge is -2.19. The Kier molecular flexibility index (Phi) is 2.83. The summed E-state index contributed by atoms with van der Waals surface area (Å²) in [4.78, 5) is 13.5. The van der Waals surface area contributed by atoms with Gasteiger partial charge in [-0.1, -0.05) is 6.92 Å². The molecule has 5 nitrogen and oxygen atoms in total. The van der Waals surface area contributed by atoms with Gasteiger partial charge < -0.3 is 9.88 Å². The Morgan fingerprint density at radius 1 is 1.39 bits per heavy atom. The Balaban J connectivity index is 2.14. The Morgan fingerprint density at radius 3 is 3.00 bits per heavy atom. The summed E-state index contributed by atoms with van der Waals surface area (Å²) < 4.78 is 1.96. The minimum Gasteiger partial charge on any atom is -0.331 e. The number of aryl methyl sites for hydroxylation is 2. The summed E-state index contributed by atoms with van der Waals surface area (Å²) in [6, 6.07) is 0. The number of hydrogen-bond donors (Lipinski definition) is 1. The predicted octanol–water partition coefficient (Wildman–Crippen LogP) is 1.09. The van der Waals surface area contributed by atoms with Gasteiger partial charge in [0.05, 0.1) is 18.2 Å². The van der Waals surface area contributed by atoms with Crippen LogP contribution in [0.25, 0.3) is 11.5 Å². The first-order valence-electron chi connectivity index (χ1n) is 6.35. The van der Waals surface area contributed by atoms with Gasteiger partial charge >= 0.3 is 0 Å². The third-order valence-electron chi connectivity index (χ3n) is 3.40. The van der Waals surface area contributed by atoms with E-state index in [1.54, 1.807) is 6.33 Å². The number of fused-ring (bicyclic) bond motifs is 1.